The molecule has 2 atom stereocenters. The van der Waals surface area contributed by atoms with Crippen LogP contribution >= 0.6 is 0 Å². The first-order valence-electron chi connectivity index (χ1n) is 7.80. The molecule has 4 aliphatic heterocycles. The summed E-state index contributed by atoms with van der Waals surface area (Å²) in [5.41, 5.74) is 0. The summed E-state index contributed by atoms with van der Waals surface area (Å²) < 4.78 is 30.2. The quantitative estimate of drug-likeness (QED) is 0.791. The molecule has 6 heteroatoms. The maximum Gasteiger partial charge on any atom is 0.297 e. The molecule has 5 rings (SSSR count). The van der Waals surface area contributed by atoms with Crippen LogP contribution in [0.3, 0.4) is 0 Å². The fourth-order valence-corrected chi connectivity index (χ4v) is 5.34. The third-order valence-corrected chi connectivity index (χ3v) is 6.58. The number of Topliss-reactive ketones (excluding diaryl/α,β-unsaturated/α-hetero) is 1. The van der Waals surface area contributed by atoms with Crippen LogP contribution in [0.4, 0.5) is 0 Å². The van der Waals surface area contributed by atoms with Crippen LogP contribution in [0.2, 0.25) is 0 Å². The molecule has 118 valence electrons. The standard InChI is InChI=1S/C16H19NO4S/c18-16-10-17-12-6-11(16)7-13(17)9-14(8-12)21-22(19,20)15-4-2-1-3-5-15/h1-5,11-14H,6-10H2. The second kappa shape index (κ2) is 5.15. The van der Waals surface area contributed by atoms with Gasteiger partial charge in [0.2, 0.25) is 0 Å². The molecule has 1 aromatic rings. The van der Waals surface area contributed by atoms with Crippen LogP contribution in [0.25, 0.3) is 0 Å². The van der Waals surface area contributed by atoms with E-state index in [0.717, 1.165) is 12.8 Å². The largest absolute Gasteiger partial charge is 0.298 e. The van der Waals surface area contributed by atoms with E-state index in [-0.39, 0.29) is 16.9 Å². The van der Waals surface area contributed by atoms with Gasteiger partial charge in [0, 0.05) is 18.0 Å². The average Bonchev–Trinajstić information content (AvgIpc) is 2.48. The molecule has 4 bridgehead atoms. The third kappa shape index (κ3) is 2.39. The van der Waals surface area contributed by atoms with Crippen molar-refractivity contribution in [3.05, 3.63) is 30.3 Å². The lowest BCUT2D eigenvalue weighted by Crippen LogP contribution is -2.63. The zero-order valence-electron chi connectivity index (χ0n) is 12.2. The number of carbonyl (C=O) groups excluding carboxylic acids is 1. The van der Waals surface area contributed by atoms with Crippen LogP contribution in [0.5, 0.6) is 0 Å². The second-order valence-electron chi connectivity index (χ2n) is 6.57. The molecular weight excluding hydrogens is 302 g/mol. The molecule has 0 spiro atoms. The van der Waals surface area contributed by atoms with Gasteiger partial charge in [-0.3, -0.25) is 13.9 Å². The summed E-state index contributed by atoms with van der Waals surface area (Å²) >= 11 is 0. The number of ketones is 1. The van der Waals surface area contributed by atoms with Crippen molar-refractivity contribution >= 4 is 15.9 Å². The first-order chi connectivity index (χ1) is 10.5. The lowest BCUT2D eigenvalue weighted by molar-refractivity contribution is -0.143. The van der Waals surface area contributed by atoms with Gasteiger partial charge in [-0.2, -0.15) is 8.42 Å². The van der Waals surface area contributed by atoms with Gasteiger partial charge >= 0.3 is 0 Å². The van der Waals surface area contributed by atoms with Crippen LogP contribution < -0.4 is 0 Å². The molecule has 4 aliphatic rings. The van der Waals surface area contributed by atoms with E-state index in [4.69, 9.17) is 4.18 Å². The summed E-state index contributed by atoms with van der Waals surface area (Å²) in [4.78, 5) is 14.3. The summed E-state index contributed by atoms with van der Waals surface area (Å²) in [6.45, 7) is 0.540. The van der Waals surface area contributed by atoms with Crippen LogP contribution in [0.15, 0.2) is 35.2 Å². The zero-order chi connectivity index (χ0) is 15.3. The Balaban J connectivity index is 1.49. The first kappa shape index (κ1) is 14.4. The van der Waals surface area contributed by atoms with Gasteiger partial charge < -0.3 is 0 Å². The van der Waals surface area contributed by atoms with Gasteiger partial charge in [0.15, 0.2) is 0 Å². The predicted octanol–water partition coefficient (Wildman–Crippen LogP) is 1.59. The van der Waals surface area contributed by atoms with Crippen molar-refractivity contribution in [2.45, 2.75) is 48.8 Å². The van der Waals surface area contributed by atoms with E-state index in [2.05, 4.69) is 4.90 Å². The Hall–Kier alpha value is -1.24. The Morgan fingerprint density at radius 3 is 2.23 bits per heavy atom. The van der Waals surface area contributed by atoms with E-state index in [1.54, 1.807) is 30.3 Å². The normalized spacial score (nSPS) is 37.3. The Morgan fingerprint density at radius 2 is 1.64 bits per heavy atom. The maximum absolute atomic E-state index is 12.3. The van der Waals surface area contributed by atoms with Crippen molar-refractivity contribution in [1.29, 1.82) is 0 Å². The molecule has 1 aromatic carbocycles. The lowest BCUT2D eigenvalue weighted by atomic mass is 9.72. The van der Waals surface area contributed by atoms with Gasteiger partial charge in [-0.15, -0.1) is 0 Å². The summed E-state index contributed by atoms with van der Waals surface area (Å²) in [7, 11) is -3.70. The molecule has 4 saturated heterocycles. The van der Waals surface area contributed by atoms with Gasteiger partial charge in [-0.25, -0.2) is 0 Å². The van der Waals surface area contributed by atoms with Crippen LogP contribution in [-0.4, -0.2) is 43.8 Å². The van der Waals surface area contributed by atoms with E-state index in [1.807, 2.05) is 0 Å². The Morgan fingerprint density at radius 1 is 1.00 bits per heavy atom. The van der Waals surface area contributed by atoms with E-state index in [0.29, 0.717) is 37.3 Å². The van der Waals surface area contributed by atoms with Gasteiger partial charge in [0.05, 0.1) is 17.5 Å². The molecular formula is C16H19NO4S. The fourth-order valence-electron chi connectivity index (χ4n) is 4.22. The highest BCUT2D eigenvalue weighted by Gasteiger charge is 2.49. The number of carbonyl (C=O) groups is 1. The summed E-state index contributed by atoms with van der Waals surface area (Å²) in [5, 5.41) is 0. The highest BCUT2D eigenvalue weighted by atomic mass is 32.2. The number of fused-ring (bicyclic) bond motifs is 1. The lowest BCUT2D eigenvalue weighted by Gasteiger charge is -2.54. The number of nitrogens with zero attached hydrogens (tertiary/aromatic N) is 1. The Kier molecular flexibility index (Phi) is 3.36. The van der Waals surface area contributed by atoms with Gasteiger partial charge in [0.1, 0.15) is 5.78 Å². The van der Waals surface area contributed by atoms with Crippen molar-refractivity contribution < 1.29 is 17.4 Å². The minimum absolute atomic E-state index is 0.187. The molecule has 0 aromatic heterocycles. The molecule has 4 fully saturated rings. The van der Waals surface area contributed by atoms with E-state index in [9.17, 15) is 13.2 Å². The van der Waals surface area contributed by atoms with Crippen molar-refractivity contribution in [1.82, 2.24) is 4.90 Å². The smallest absolute Gasteiger partial charge is 0.297 e. The predicted molar refractivity (Wildman–Crippen MR) is 79.7 cm³/mol. The summed E-state index contributed by atoms with van der Waals surface area (Å²) in [6.07, 6.45) is 2.85. The summed E-state index contributed by atoms with van der Waals surface area (Å²) in [6, 6.07) is 8.89. The number of piperidine rings is 4. The van der Waals surface area contributed by atoms with Crippen LogP contribution in [0.1, 0.15) is 25.7 Å². The topological polar surface area (TPSA) is 63.7 Å². The first-order valence-corrected chi connectivity index (χ1v) is 9.20. The zero-order valence-corrected chi connectivity index (χ0v) is 13.0. The minimum Gasteiger partial charge on any atom is -0.298 e. The van der Waals surface area contributed by atoms with Crippen molar-refractivity contribution in [2.75, 3.05) is 6.54 Å². The van der Waals surface area contributed by atoms with Crippen LogP contribution in [-0.2, 0) is 19.1 Å². The Bertz CT molecular complexity index is 671. The van der Waals surface area contributed by atoms with Crippen molar-refractivity contribution in [3.8, 4) is 0 Å². The van der Waals surface area contributed by atoms with Crippen LogP contribution in [0, 0.1) is 5.92 Å². The molecule has 0 aliphatic carbocycles. The van der Waals surface area contributed by atoms with Gasteiger partial charge in [-0.05, 0) is 37.8 Å². The van der Waals surface area contributed by atoms with Crippen molar-refractivity contribution in [2.24, 2.45) is 5.92 Å². The molecule has 2 unspecified atom stereocenters. The monoisotopic (exact) mass is 321 g/mol. The van der Waals surface area contributed by atoms with Crippen molar-refractivity contribution in [3.63, 3.8) is 0 Å². The average molecular weight is 321 g/mol. The fraction of sp³-hybridized carbons (Fsp3) is 0.562. The molecule has 0 saturated carbocycles. The number of benzene rings is 1. The molecule has 4 heterocycles. The number of rotatable bonds is 3. The Labute approximate surface area is 130 Å². The van der Waals surface area contributed by atoms with E-state index < -0.39 is 10.1 Å². The van der Waals surface area contributed by atoms with Gasteiger partial charge in [0.25, 0.3) is 10.1 Å². The second-order valence-corrected chi connectivity index (χ2v) is 8.14. The molecule has 0 radical (unpaired) electrons. The van der Waals surface area contributed by atoms with E-state index >= 15 is 0 Å². The molecule has 5 nitrogen and oxygen atoms in total. The highest BCUT2D eigenvalue weighted by molar-refractivity contribution is 7.86. The third-order valence-electron chi connectivity index (χ3n) is 5.21. The van der Waals surface area contributed by atoms with E-state index in [1.165, 1.54) is 0 Å². The SMILES string of the molecule is O=C1CN2C3CC(OS(=O)(=O)c4ccccc4)CC2CC1C3. The summed E-state index contributed by atoms with van der Waals surface area (Å²) in [5.74, 6) is 0.537. The molecule has 22 heavy (non-hydrogen) atoms. The molecule has 0 N–H and O–H groups in total. The molecule has 0 amide bonds. The van der Waals surface area contributed by atoms with Gasteiger partial charge in [-0.1, -0.05) is 18.2 Å². The highest BCUT2D eigenvalue weighted by Crippen LogP contribution is 2.42. The maximum atomic E-state index is 12.3. The minimum atomic E-state index is -3.70. The number of hydrogen-bond acceptors (Lipinski definition) is 5. The number of hydrogen-bond donors (Lipinski definition) is 0.